The number of aromatic hydroxyl groups is 1. The second-order valence-corrected chi connectivity index (χ2v) is 5.97. The molecule has 2 rings (SSSR count). The lowest BCUT2D eigenvalue weighted by Gasteiger charge is -2.21. The highest BCUT2D eigenvalue weighted by Gasteiger charge is 2.18. The van der Waals surface area contributed by atoms with Gasteiger partial charge in [-0.3, -0.25) is 4.79 Å². The highest BCUT2D eigenvalue weighted by atomic mass is 127. The van der Waals surface area contributed by atoms with E-state index in [0.29, 0.717) is 24.3 Å². The first-order chi connectivity index (χ1) is 10.0. The minimum absolute atomic E-state index is 0.0103. The first-order valence-electron chi connectivity index (χ1n) is 6.63. The first kappa shape index (κ1) is 15.6. The molecule has 110 valence electrons. The Morgan fingerprint density at radius 3 is 2.52 bits per heavy atom. The third-order valence-corrected chi connectivity index (χ3v) is 3.88. The number of nitrogens with zero attached hydrogens (tertiary/aromatic N) is 1. The number of hydrogen-bond acceptors (Lipinski definition) is 3. The zero-order valence-electron chi connectivity index (χ0n) is 11.7. The number of nitrogens with two attached hydrogens (primary N) is 1. The van der Waals surface area contributed by atoms with Crippen molar-refractivity contribution < 1.29 is 9.90 Å². The summed E-state index contributed by atoms with van der Waals surface area (Å²) in [6, 6.07) is 12.5. The zero-order chi connectivity index (χ0) is 15.4. The molecule has 0 saturated heterocycles. The second-order valence-electron chi connectivity index (χ2n) is 4.72. The highest BCUT2D eigenvalue weighted by Crippen LogP contribution is 2.22. The van der Waals surface area contributed by atoms with Gasteiger partial charge in [0.15, 0.2) is 0 Å². The Bertz CT molecular complexity index is 641. The van der Waals surface area contributed by atoms with Gasteiger partial charge in [0.25, 0.3) is 5.91 Å². The smallest absolute Gasteiger partial charge is 0.257 e. The van der Waals surface area contributed by atoms with Crippen LogP contribution in [0.4, 0.5) is 5.69 Å². The van der Waals surface area contributed by atoms with Crippen LogP contribution < -0.4 is 5.73 Å². The Morgan fingerprint density at radius 1 is 1.24 bits per heavy atom. The van der Waals surface area contributed by atoms with E-state index in [1.807, 2.05) is 31.2 Å². The van der Waals surface area contributed by atoms with Crippen LogP contribution >= 0.6 is 22.6 Å². The molecule has 0 radical (unpaired) electrons. The molecule has 0 aromatic heterocycles. The number of hydrogen-bond donors (Lipinski definition) is 2. The molecule has 1 amide bonds. The molecule has 0 heterocycles. The molecule has 0 saturated carbocycles. The summed E-state index contributed by atoms with van der Waals surface area (Å²) < 4.78 is 0.914. The van der Waals surface area contributed by atoms with E-state index in [4.69, 9.17) is 5.73 Å². The molecule has 3 N–H and O–H groups in total. The fraction of sp³-hybridized carbons (Fsp3) is 0.188. The lowest BCUT2D eigenvalue weighted by atomic mass is 10.1. The van der Waals surface area contributed by atoms with Crippen molar-refractivity contribution in [2.24, 2.45) is 0 Å². The second kappa shape index (κ2) is 6.80. The summed E-state index contributed by atoms with van der Waals surface area (Å²) >= 11 is 2.12. The average molecular weight is 396 g/mol. The normalized spacial score (nSPS) is 10.4. The quantitative estimate of drug-likeness (QED) is 0.616. The maximum Gasteiger partial charge on any atom is 0.257 e. The monoisotopic (exact) mass is 396 g/mol. The summed E-state index contributed by atoms with van der Waals surface area (Å²) in [6.45, 7) is 2.97. The fourth-order valence-electron chi connectivity index (χ4n) is 2.02. The van der Waals surface area contributed by atoms with E-state index in [1.54, 1.807) is 23.1 Å². The Morgan fingerprint density at radius 2 is 1.90 bits per heavy atom. The molecular formula is C16H17IN2O2. The first-order valence-corrected chi connectivity index (χ1v) is 7.71. The van der Waals surface area contributed by atoms with Crippen molar-refractivity contribution in [3.63, 3.8) is 0 Å². The van der Waals surface area contributed by atoms with Crippen LogP contribution in [0.5, 0.6) is 5.75 Å². The van der Waals surface area contributed by atoms with E-state index in [-0.39, 0.29) is 11.7 Å². The molecule has 0 spiro atoms. The van der Waals surface area contributed by atoms with Crippen LogP contribution in [0.2, 0.25) is 0 Å². The van der Waals surface area contributed by atoms with Gasteiger partial charge in [-0.2, -0.15) is 0 Å². The Kier molecular flexibility index (Phi) is 5.06. The maximum absolute atomic E-state index is 12.6. The Balaban J connectivity index is 2.22. The molecule has 0 aliphatic rings. The zero-order valence-corrected chi connectivity index (χ0v) is 13.9. The number of carbonyl (C=O) groups excluding carboxylic acids is 1. The molecule has 2 aromatic carbocycles. The van der Waals surface area contributed by atoms with Crippen LogP contribution in [0.25, 0.3) is 0 Å². The lowest BCUT2D eigenvalue weighted by molar-refractivity contribution is 0.0749. The number of anilines is 1. The van der Waals surface area contributed by atoms with E-state index in [0.717, 1.165) is 9.13 Å². The van der Waals surface area contributed by atoms with Gasteiger partial charge in [-0.1, -0.05) is 12.1 Å². The van der Waals surface area contributed by atoms with Gasteiger partial charge in [0.1, 0.15) is 5.75 Å². The van der Waals surface area contributed by atoms with E-state index in [1.165, 1.54) is 0 Å². The lowest BCUT2D eigenvalue weighted by Crippen LogP contribution is -2.30. The molecule has 0 bridgehead atoms. The SMILES string of the molecule is CCN(Cc1ccc(N)cc1)C(=O)c1cc(I)ccc1O. The number of phenolic OH excluding ortho intramolecular Hbond substituents is 1. The van der Waals surface area contributed by atoms with Gasteiger partial charge < -0.3 is 15.7 Å². The van der Waals surface area contributed by atoms with Gasteiger partial charge >= 0.3 is 0 Å². The summed E-state index contributed by atoms with van der Waals surface area (Å²) in [5.74, 6) is -0.165. The van der Waals surface area contributed by atoms with Crippen LogP contribution in [-0.4, -0.2) is 22.5 Å². The summed E-state index contributed by atoms with van der Waals surface area (Å²) in [5, 5.41) is 9.88. The van der Waals surface area contributed by atoms with Gasteiger partial charge in [0.05, 0.1) is 5.56 Å². The van der Waals surface area contributed by atoms with Gasteiger partial charge in [0.2, 0.25) is 0 Å². The van der Waals surface area contributed by atoms with Gasteiger partial charge in [-0.25, -0.2) is 0 Å². The summed E-state index contributed by atoms with van der Waals surface area (Å²) in [6.07, 6.45) is 0. The van der Waals surface area contributed by atoms with Crippen LogP contribution in [0.1, 0.15) is 22.8 Å². The number of benzene rings is 2. The van der Waals surface area contributed by atoms with Gasteiger partial charge in [0, 0.05) is 22.3 Å². The number of amides is 1. The highest BCUT2D eigenvalue weighted by molar-refractivity contribution is 14.1. The number of halogens is 1. The summed E-state index contributed by atoms with van der Waals surface area (Å²) in [7, 11) is 0. The topological polar surface area (TPSA) is 66.6 Å². The Hall–Kier alpha value is -1.76. The van der Waals surface area contributed by atoms with E-state index < -0.39 is 0 Å². The molecule has 0 aliphatic carbocycles. The number of nitrogen functional groups attached to an aromatic ring is 1. The van der Waals surface area contributed by atoms with Gasteiger partial charge in [-0.05, 0) is 65.4 Å². The molecule has 21 heavy (non-hydrogen) atoms. The van der Waals surface area contributed by atoms with Crippen molar-refractivity contribution in [2.45, 2.75) is 13.5 Å². The molecule has 0 atom stereocenters. The van der Waals surface area contributed by atoms with Crippen LogP contribution in [0, 0.1) is 3.57 Å². The molecule has 4 nitrogen and oxygen atoms in total. The molecule has 0 unspecified atom stereocenters. The number of rotatable bonds is 4. The summed E-state index contributed by atoms with van der Waals surface area (Å²) in [4.78, 5) is 14.2. The number of phenols is 1. The van der Waals surface area contributed by atoms with Crippen molar-refractivity contribution in [1.82, 2.24) is 4.90 Å². The van der Waals surface area contributed by atoms with Crippen LogP contribution in [0.15, 0.2) is 42.5 Å². The minimum atomic E-state index is -0.176. The average Bonchev–Trinajstić information content (AvgIpc) is 2.48. The van der Waals surface area contributed by atoms with E-state index in [9.17, 15) is 9.90 Å². The summed E-state index contributed by atoms with van der Waals surface area (Å²) in [5.41, 5.74) is 7.70. The Labute approximate surface area is 137 Å². The standard InChI is InChI=1S/C16H17IN2O2/c1-2-19(10-11-3-6-13(18)7-4-11)16(21)14-9-12(17)5-8-15(14)20/h3-9,20H,2,10,18H2,1H3. The number of carbonyl (C=O) groups is 1. The fourth-order valence-corrected chi connectivity index (χ4v) is 2.51. The van der Waals surface area contributed by atoms with Crippen molar-refractivity contribution in [2.75, 3.05) is 12.3 Å². The van der Waals surface area contributed by atoms with Crippen LogP contribution in [-0.2, 0) is 6.54 Å². The largest absolute Gasteiger partial charge is 0.507 e. The molecule has 0 aliphatic heterocycles. The predicted molar refractivity (Wildman–Crippen MR) is 92.1 cm³/mol. The molecular weight excluding hydrogens is 379 g/mol. The van der Waals surface area contributed by atoms with Crippen molar-refractivity contribution in [3.05, 3.63) is 57.2 Å². The van der Waals surface area contributed by atoms with E-state index in [2.05, 4.69) is 22.6 Å². The third-order valence-electron chi connectivity index (χ3n) is 3.21. The molecule has 0 fully saturated rings. The predicted octanol–water partition coefficient (Wildman–Crippen LogP) is 3.24. The van der Waals surface area contributed by atoms with Crippen molar-refractivity contribution in [3.8, 4) is 5.75 Å². The minimum Gasteiger partial charge on any atom is -0.507 e. The maximum atomic E-state index is 12.6. The molecule has 5 heteroatoms. The molecule has 2 aromatic rings. The van der Waals surface area contributed by atoms with E-state index >= 15 is 0 Å². The van der Waals surface area contributed by atoms with Gasteiger partial charge in [-0.15, -0.1) is 0 Å². The van der Waals surface area contributed by atoms with Crippen molar-refractivity contribution >= 4 is 34.2 Å². The van der Waals surface area contributed by atoms with Crippen molar-refractivity contribution in [1.29, 1.82) is 0 Å². The van der Waals surface area contributed by atoms with Crippen LogP contribution in [0.3, 0.4) is 0 Å². The third kappa shape index (κ3) is 3.87.